The summed E-state index contributed by atoms with van der Waals surface area (Å²) in [4.78, 5) is 30.7. The molecule has 0 spiro atoms. The minimum Gasteiger partial charge on any atom is -0.343 e. The standard InChI is InChI=1S/C20H34N4O3/c1-4-14-24(15-5-2)18(26)11-10-17-21-19(23-27-17)20(22-16(3)25)12-8-6-7-9-13-20/h4-15H2,1-3H3,(H,22,25). The molecule has 7 heteroatoms. The van der Waals surface area contributed by atoms with E-state index >= 15 is 0 Å². The third kappa shape index (κ3) is 6.04. The minimum absolute atomic E-state index is 0.0757. The molecule has 1 aromatic heterocycles. The van der Waals surface area contributed by atoms with Gasteiger partial charge in [-0.25, -0.2) is 0 Å². The SMILES string of the molecule is CCCN(CCC)C(=O)CCc1nc(C2(NC(C)=O)CCCCCC2)no1. The minimum atomic E-state index is -0.537. The number of aromatic nitrogens is 2. The maximum absolute atomic E-state index is 12.4. The molecule has 0 unspecified atom stereocenters. The topological polar surface area (TPSA) is 88.3 Å². The van der Waals surface area contributed by atoms with Gasteiger partial charge in [-0.15, -0.1) is 0 Å². The monoisotopic (exact) mass is 378 g/mol. The van der Waals surface area contributed by atoms with Crippen LogP contribution in [0.15, 0.2) is 4.52 Å². The summed E-state index contributed by atoms with van der Waals surface area (Å²) < 4.78 is 5.43. The average Bonchev–Trinajstić information content (AvgIpc) is 2.99. The van der Waals surface area contributed by atoms with Gasteiger partial charge in [-0.3, -0.25) is 9.59 Å². The fourth-order valence-electron chi connectivity index (χ4n) is 3.90. The van der Waals surface area contributed by atoms with Gasteiger partial charge < -0.3 is 14.7 Å². The second-order valence-electron chi connectivity index (χ2n) is 7.57. The van der Waals surface area contributed by atoms with Crippen LogP contribution in [0.25, 0.3) is 0 Å². The molecule has 1 saturated carbocycles. The van der Waals surface area contributed by atoms with Crippen molar-refractivity contribution >= 4 is 11.8 Å². The van der Waals surface area contributed by atoms with Gasteiger partial charge in [-0.1, -0.05) is 44.7 Å². The summed E-state index contributed by atoms with van der Waals surface area (Å²) in [6, 6.07) is 0. The van der Waals surface area contributed by atoms with Gasteiger partial charge in [-0.2, -0.15) is 4.98 Å². The van der Waals surface area contributed by atoms with Crippen LogP contribution >= 0.6 is 0 Å². The number of nitrogens with zero attached hydrogens (tertiary/aromatic N) is 3. The van der Waals surface area contributed by atoms with E-state index in [1.807, 2.05) is 4.90 Å². The number of rotatable bonds is 9. The van der Waals surface area contributed by atoms with Crippen molar-refractivity contribution in [3.8, 4) is 0 Å². The van der Waals surface area contributed by atoms with Crippen molar-refractivity contribution in [3.63, 3.8) is 0 Å². The van der Waals surface area contributed by atoms with Crippen molar-refractivity contribution in [2.75, 3.05) is 13.1 Å². The van der Waals surface area contributed by atoms with E-state index in [1.54, 1.807) is 0 Å². The van der Waals surface area contributed by atoms with E-state index in [9.17, 15) is 9.59 Å². The van der Waals surface area contributed by atoms with Crippen LogP contribution in [0.4, 0.5) is 0 Å². The fourth-order valence-corrected chi connectivity index (χ4v) is 3.90. The largest absolute Gasteiger partial charge is 0.343 e. The molecule has 0 aromatic carbocycles. The zero-order valence-corrected chi connectivity index (χ0v) is 17.1. The smallest absolute Gasteiger partial charge is 0.227 e. The second kappa shape index (κ2) is 10.4. The molecule has 0 radical (unpaired) electrons. The maximum atomic E-state index is 12.4. The highest BCUT2D eigenvalue weighted by atomic mass is 16.5. The molecule has 27 heavy (non-hydrogen) atoms. The van der Waals surface area contributed by atoms with E-state index < -0.39 is 5.54 Å². The van der Waals surface area contributed by atoms with Gasteiger partial charge in [0, 0.05) is 32.9 Å². The molecule has 0 aliphatic heterocycles. The van der Waals surface area contributed by atoms with Crippen molar-refractivity contribution in [1.29, 1.82) is 0 Å². The predicted molar refractivity (Wildman–Crippen MR) is 103 cm³/mol. The Morgan fingerprint density at radius 1 is 1.11 bits per heavy atom. The summed E-state index contributed by atoms with van der Waals surface area (Å²) in [6.45, 7) is 7.26. The van der Waals surface area contributed by atoms with Gasteiger partial charge >= 0.3 is 0 Å². The quantitative estimate of drug-likeness (QED) is 0.666. The molecular formula is C20H34N4O3. The second-order valence-corrected chi connectivity index (χ2v) is 7.57. The summed E-state index contributed by atoms with van der Waals surface area (Å²) in [5.74, 6) is 1.08. The molecular weight excluding hydrogens is 344 g/mol. The molecule has 152 valence electrons. The van der Waals surface area contributed by atoms with Gasteiger partial charge in [0.1, 0.15) is 5.54 Å². The first-order valence-electron chi connectivity index (χ1n) is 10.4. The third-order valence-corrected chi connectivity index (χ3v) is 5.16. The van der Waals surface area contributed by atoms with E-state index in [2.05, 4.69) is 29.3 Å². The van der Waals surface area contributed by atoms with Crippen LogP contribution in [-0.2, 0) is 21.5 Å². The molecule has 1 aliphatic rings. The molecule has 1 N–H and O–H groups in total. The van der Waals surface area contributed by atoms with Crippen LogP contribution in [0.5, 0.6) is 0 Å². The lowest BCUT2D eigenvalue weighted by atomic mass is 9.89. The molecule has 2 rings (SSSR count). The Labute approximate surface area is 162 Å². The Bertz CT molecular complexity index is 600. The molecule has 1 aromatic rings. The maximum Gasteiger partial charge on any atom is 0.227 e. The lowest BCUT2D eigenvalue weighted by Gasteiger charge is -2.30. The number of aryl methyl sites for hydroxylation is 1. The Hall–Kier alpha value is -1.92. The molecule has 0 bridgehead atoms. The lowest BCUT2D eigenvalue weighted by Crippen LogP contribution is -2.45. The normalized spacial score (nSPS) is 16.6. The van der Waals surface area contributed by atoms with Gasteiger partial charge in [0.25, 0.3) is 0 Å². The molecule has 1 heterocycles. The van der Waals surface area contributed by atoms with Gasteiger partial charge in [0.2, 0.25) is 17.7 Å². The van der Waals surface area contributed by atoms with Crippen LogP contribution in [-0.4, -0.2) is 39.9 Å². The Balaban J connectivity index is 2.05. The molecule has 0 saturated heterocycles. The Kier molecular flexibility index (Phi) is 8.25. The number of nitrogens with one attached hydrogen (secondary N) is 1. The third-order valence-electron chi connectivity index (χ3n) is 5.16. The van der Waals surface area contributed by atoms with E-state index in [-0.39, 0.29) is 11.8 Å². The Morgan fingerprint density at radius 3 is 2.30 bits per heavy atom. The van der Waals surface area contributed by atoms with Crippen LogP contribution in [0.2, 0.25) is 0 Å². The highest BCUT2D eigenvalue weighted by Gasteiger charge is 2.38. The predicted octanol–water partition coefficient (Wildman–Crippen LogP) is 3.34. The van der Waals surface area contributed by atoms with Crippen LogP contribution in [0.3, 0.4) is 0 Å². The number of amides is 2. The molecule has 2 amide bonds. The van der Waals surface area contributed by atoms with E-state index in [0.29, 0.717) is 24.6 Å². The molecule has 0 atom stereocenters. The highest BCUT2D eigenvalue weighted by Crippen LogP contribution is 2.34. The Morgan fingerprint density at radius 2 is 1.74 bits per heavy atom. The summed E-state index contributed by atoms with van der Waals surface area (Å²) >= 11 is 0. The van der Waals surface area contributed by atoms with Crippen LogP contribution < -0.4 is 5.32 Å². The van der Waals surface area contributed by atoms with Crippen molar-refractivity contribution < 1.29 is 14.1 Å². The van der Waals surface area contributed by atoms with E-state index in [4.69, 9.17) is 4.52 Å². The highest BCUT2D eigenvalue weighted by molar-refractivity contribution is 5.76. The van der Waals surface area contributed by atoms with Gasteiger partial charge in [0.15, 0.2) is 5.82 Å². The zero-order valence-electron chi connectivity index (χ0n) is 17.1. The summed E-state index contributed by atoms with van der Waals surface area (Å²) in [6.07, 6.45) is 8.75. The van der Waals surface area contributed by atoms with E-state index in [0.717, 1.165) is 64.5 Å². The van der Waals surface area contributed by atoms with Crippen LogP contribution in [0, 0.1) is 0 Å². The lowest BCUT2D eigenvalue weighted by molar-refractivity contribution is -0.131. The van der Waals surface area contributed by atoms with E-state index in [1.165, 1.54) is 6.92 Å². The molecule has 1 fully saturated rings. The number of carbonyl (C=O) groups is 2. The number of hydrogen-bond acceptors (Lipinski definition) is 5. The number of carbonyl (C=O) groups excluding carboxylic acids is 2. The first-order valence-corrected chi connectivity index (χ1v) is 10.4. The summed E-state index contributed by atoms with van der Waals surface area (Å²) in [7, 11) is 0. The molecule has 7 nitrogen and oxygen atoms in total. The molecule has 1 aliphatic carbocycles. The van der Waals surface area contributed by atoms with Gasteiger partial charge in [-0.05, 0) is 25.7 Å². The summed E-state index contributed by atoms with van der Waals surface area (Å²) in [5, 5.41) is 7.26. The van der Waals surface area contributed by atoms with Crippen molar-refractivity contribution in [2.24, 2.45) is 0 Å². The average molecular weight is 379 g/mol. The van der Waals surface area contributed by atoms with Gasteiger partial charge in [0.05, 0.1) is 0 Å². The zero-order chi connectivity index (χ0) is 19.7. The van der Waals surface area contributed by atoms with Crippen molar-refractivity contribution in [3.05, 3.63) is 11.7 Å². The van der Waals surface area contributed by atoms with Crippen molar-refractivity contribution in [2.45, 2.75) is 90.5 Å². The van der Waals surface area contributed by atoms with Crippen LogP contribution in [0.1, 0.15) is 90.3 Å². The first-order chi connectivity index (χ1) is 13.0. The van der Waals surface area contributed by atoms with Crippen molar-refractivity contribution in [1.82, 2.24) is 20.4 Å². The fraction of sp³-hybridized carbons (Fsp3) is 0.800. The first kappa shape index (κ1) is 21.4. The number of hydrogen-bond donors (Lipinski definition) is 1. The summed E-state index contributed by atoms with van der Waals surface area (Å²) in [5.41, 5.74) is -0.537.